The van der Waals surface area contributed by atoms with Crippen molar-refractivity contribution in [3.05, 3.63) is 65.0 Å². The Morgan fingerprint density at radius 2 is 1.81 bits per heavy atom. The van der Waals surface area contributed by atoms with Gasteiger partial charge in [-0.1, -0.05) is 26.0 Å². The third kappa shape index (κ3) is 6.18. The second-order valence-corrected chi connectivity index (χ2v) is 6.34. The first-order chi connectivity index (χ1) is 12.9. The van der Waals surface area contributed by atoms with Gasteiger partial charge in [-0.2, -0.15) is 5.10 Å². The van der Waals surface area contributed by atoms with Gasteiger partial charge in [0.1, 0.15) is 11.6 Å². The number of hydrogen-bond donors (Lipinski definition) is 2. The van der Waals surface area contributed by atoms with E-state index in [4.69, 9.17) is 0 Å². The van der Waals surface area contributed by atoms with Gasteiger partial charge in [0.25, 0.3) is 0 Å². The Hall–Kier alpha value is -2.73. The van der Waals surface area contributed by atoms with Crippen LogP contribution >= 0.6 is 0 Å². The van der Waals surface area contributed by atoms with E-state index in [9.17, 15) is 14.3 Å². The van der Waals surface area contributed by atoms with Gasteiger partial charge in [0, 0.05) is 12.1 Å². The lowest BCUT2D eigenvalue weighted by atomic mass is 10.1. The summed E-state index contributed by atoms with van der Waals surface area (Å²) in [6.07, 6.45) is 0.125. The molecule has 2 rings (SSSR count). The molecule has 0 heterocycles. The molecular formula is C21H26FN3O2. The lowest BCUT2D eigenvalue weighted by molar-refractivity contribution is -0.120. The monoisotopic (exact) mass is 371 g/mol. The number of carbonyl (C=O) groups excluding carboxylic acids is 1. The summed E-state index contributed by atoms with van der Waals surface area (Å²) in [5.74, 6) is -0.359. The van der Waals surface area contributed by atoms with Crippen molar-refractivity contribution in [2.75, 3.05) is 13.1 Å². The zero-order chi connectivity index (χ0) is 19.8. The second-order valence-electron chi connectivity index (χ2n) is 6.34. The summed E-state index contributed by atoms with van der Waals surface area (Å²) in [5, 5.41) is 14.2. The van der Waals surface area contributed by atoms with Crippen LogP contribution in [0.1, 0.15) is 37.5 Å². The van der Waals surface area contributed by atoms with Gasteiger partial charge in [0.2, 0.25) is 5.91 Å². The smallest absolute Gasteiger partial charge is 0.244 e. The highest BCUT2D eigenvalue weighted by Crippen LogP contribution is 2.21. The molecule has 5 nitrogen and oxygen atoms in total. The van der Waals surface area contributed by atoms with Crippen molar-refractivity contribution in [3.8, 4) is 5.75 Å². The molecule has 27 heavy (non-hydrogen) atoms. The van der Waals surface area contributed by atoms with E-state index in [2.05, 4.69) is 29.3 Å². The molecule has 0 fully saturated rings. The number of phenols is 1. The summed E-state index contributed by atoms with van der Waals surface area (Å²) >= 11 is 0. The molecule has 0 saturated heterocycles. The Bertz CT molecular complexity index is 800. The largest absolute Gasteiger partial charge is 0.508 e. The molecule has 144 valence electrons. The molecule has 1 amide bonds. The number of hydrogen-bond acceptors (Lipinski definition) is 4. The van der Waals surface area contributed by atoms with Gasteiger partial charge in [-0.15, -0.1) is 0 Å². The molecule has 6 heteroatoms. The number of nitrogens with zero attached hydrogens (tertiary/aromatic N) is 2. The average Bonchev–Trinajstić information content (AvgIpc) is 2.67. The highest BCUT2D eigenvalue weighted by atomic mass is 19.1. The molecule has 0 aliphatic carbocycles. The molecule has 2 aromatic rings. The summed E-state index contributed by atoms with van der Waals surface area (Å²) in [4.78, 5) is 14.2. The summed E-state index contributed by atoms with van der Waals surface area (Å²) in [7, 11) is 0. The predicted octanol–water partition coefficient (Wildman–Crippen LogP) is 3.46. The highest BCUT2D eigenvalue weighted by molar-refractivity contribution is 5.99. The lowest BCUT2D eigenvalue weighted by Crippen LogP contribution is -2.22. The maximum Gasteiger partial charge on any atom is 0.244 e. The van der Waals surface area contributed by atoms with Crippen molar-refractivity contribution in [2.45, 2.75) is 33.7 Å². The zero-order valence-electron chi connectivity index (χ0n) is 16.0. The van der Waals surface area contributed by atoms with Gasteiger partial charge in [-0.3, -0.25) is 9.69 Å². The fourth-order valence-electron chi connectivity index (χ4n) is 2.66. The van der Waals surface area contributed by atoms with Crippen molar-refractivity contribution < 1.29 is 14.3 Å². The minimum absolute atomic E-state index is 0.125. The number of benzene rings is 2. The van der Waals surface area contributed by atoms with Gasteiger partial charge in [-0.25, -0.2) is 9.82 Å². The van der Waals surface area contributed by atoms with Crippen LogP contribution in [0.3, 0.4) is 0 Å². The van der Waals surface area contributed by atoms with Crippen LogP contribution in [0.25, 0.3) is 0 Å². The van der Waals surface area contributed by atoms with Crippen LogP contribution in [0, 0.1) is 5.82 Å². The number of carbonyl (C=O) groups is 1. The number of phenolic OH excluding ortho intramolecular Hbond substituents is 1. The molecule has 2 N–H and O–H groups in total. The van der Waals surface area contributed by atoms with E-state index in [1.165, 1.54) is 12.1 Å². The number of rotatable bonds is 8. The molecule has 0 aromatic heterocycles. The fraction of sp³-hybridized carbons (Fsp3) is 0.333. The van der Waals surface area contributed by atoms with Crippen LogP contribution in [0.4, 0.5) is 4.39 Å². The average molecular weight is 371 g/mol. The summed E-state index contributed by atoms with van der Waals surface area (Å²) in [5.41, 5.74) is 5.53. The van der Waals surface area contributed by atoms with Crippen molar-refractivity contribution >= 4 is 11.6 Å². The van der Waals surface area contributed by atoms with Crippen LogP contribution in [0.2, 0.25) is 0 Å². The van der Waals surface area contributed by atoms with Gasteiger partial charge < -0.3 is 5.11 Å². The molecule has 0 saturated carbocycles. The Balaban J connectivity index is 2.04. The normalized spacial score (nSPS) is 11.7. The van der Waals surface area contributed by atoms with Gasteiger partial charge >= 0.3 is 0 Å². The van der Waals surface area contributed by atoms with E-state index in [1.54, 1.807) is 31.2 Å². The number of amides is 1. The number of hydrazone groups is 1. The van der Waals surface area contributed by atoms with E-state index in [1.807, 2.05) is 6.07 Å². The minimum atomic E-state index is -0.333. The van der Waals surface area contributed by atoms with Crippen molar-refractivity contribution in [3.63, 3.8) is 0 Å². The molecule has 0 atom stereocenters. The maximum absolute atomic E-state index is 12.9. The van der Waals surface area contributed by atoms with Crippen LogP contribution in [0.5, 0.6) is 5.75 Å². The predicted molar refractivity (Wildman–Crippen MR) is 105 cm³/mol. The SMILES string of the molecule is CCN(CC)Cc1cc(/C(C)=N/NC(=O)Cc2ccc(F)cc2)ccc1O. The first-order valence-electron chi connectivity index (χ1n) is 9.05. The van der Waals surface area contributed by atoms with Crippen LogP contribution < -0.4 is 5.43 Å². The van der Waals surface area contributed by atoms with Crippen molar-refractivity contribution in [1.29, 1.82) is 0 Å². The highest BCUT2D eigenvalue weighted by Gasteiger charge is 2.09. The van der Waals surface area contributed by atoms with Crippen molar-refractivity contribution in [2.24, 2.45) is 5.10 Å². The Morgan fingerprint density at radius 1 is 1.15 bits per heavy atom. The van der Waals surface area contributed by atoms with Gasteiger partial charge in [0.15, 0.2) is 0 Å². The van der Waals surface area contributed by atoms with Crippen LogP contribution in [0.15, 0.2) is 47.6 Å². The molecule has 0 radical (unpaired) electrons. The molecule has 0 bridgehead atoms. The van der Waals surface area contributed by atoms with E-state index < -0.39 is 0 Å². The molecule has 2 aromatic carbocycles. The Kier molecular flexibility index (Phi) is 7.49. The Labute approximate surface area is 159 Å². The van der Waals surface area contributed by atoms with Crippen molar-refractivity contribution in [1.82, 2.24) is 10.3 Å². The third-order valence-electron chi connectivity index (χ3n) is 4.41. The zero-order valence-corrected chi connectivity index (χ0v) is 16.0. The first-order valence-corrected chi connectivity index (χ1v) is 9.05. The molecule has 0 spiro atoms. The molecular weight excluding hydrogens is 345 g/mol. The van der Waals surface area contributed by atoms with E-state index >= 15 is 0 Å². The number of halogens is 1. The Morgan fingerprint density at radius 3 is 2.44 bits per heavy atom. The van der Waals surface area contributed by atoms with E-state index in [-0.39, 0.29) is 23.9 Å². The minimum Gasteiger partial charge on any atom is -0.508 e. The van der Waals surface area contributed by atoms with E-state index in [0.717, 1.165) is 24.2 Å². The van der Waals surface area contributed by atoms with Gasteiger partial charge in [-0.05, 0) is 61.5 Å². The molecule has 0 aliphatic rings. The van der Waals surface area contributed by atoms with Crippen LogP contribution in [-0.2, 0) is 17.8 Å². The standard InChI is InChI=1S/C21H26FN3O2/c1-4-25(5-2)14-18-13-17(8-11-20(18)26)15(3)23-24-21(27)12-16-6-9-19(22)10-7-16/h6-11,13,26H,4-5,12,14H2,1-3H3,(H,24,27)/b23-15+. The van der Waals surface area contributed by atoms with Gasteiger partial charge in [0.05, 0.1) is 12.1 Å². The second kappa shape index (κ2) is 9.83. The summed E-state index contributed by atoms with van der Waals surface area (Å²) in [6, 6.07) is 11.1. The van der Waals surface area contributed by atoms with E-state index in [0.29, 0.717) is 17.8 Å². The molecule has 0 aliphatic heterocycles. The quantitative estimate of drug-likeness (QED) is 0.552. The summed E-state index contributed by atoms with van der Waals surface area (Å²) < 4.78 is 12.9. The summed E-state index contributed by atoms with van der Waals surface area (Å²) in [6.45, 7) is 8.39. The maximum atomic E-state index is 12.9. The topological polar surface area (TPSA) is 64.9 Å². The number of aromatic hydroxyl groups is 1. The number of nitrogens with one attached hydrogen (secondary N) is 1. The first kappa shape index (κ1) is 20.6. The molecule has 0 unspecified atom stereocenters. The third-order valence-corrected chi connectivity index (χ3v) is 4.41. The fourth-order valence-corrected chi connectivity index (χ4v) is 2.66. The lowest BCUT2D eigenvalue weighted by Gasteiger charge is -2.19. The van der Waals surface area contributed by atoms with Crippen LogP contribution in [-0.4, -0.2) is 34.7 Å².